The average Bonchev–Trinajstić information content (AvgIpc) is 2.43. The number of aromatic nitrogens is 1. The van der Waals surface area contributed by atoms with Gasteiger partial charge in [-0.1, -0.05) is 22.0 Å². The van der Waals surface area contributed by atoms with E-state index in [1.165, 1.54) is 27.9 Å². The van der Waals surface area contributed by atoms with Gasteiger partial charge in [-0.05, 0) is 25.5 Å². The van der Waals surface area contributed by atoms with Gasteiger partial charge in [-0.2, -0.15) is 0 Å². The molecule has 0 aliphatic carbocycles. The van der Waals surface area contributed by atoms with Crippen LogP contribution in [-0.2, 0) is 17.8 Å². The average molecular weight is 321 g/mol. The summed E-state index contributed by atoms with van der Waals surface area (Å²) in [5.41, 5.74) is 5.87. The standard InChI is InChI=1S/C15H17BrN2O/c1-3-17-15-10-8-19-7-6-12(10)18-14-9(2)4-5-11(16)13(14)15/h4-5H,3,6-8H2,1-2H3,(H,17,18). The molecule has 3 rings (SSSR count). The van der Waals surface area contributed by atoms with Crippen LogP contribution in [0.25, 0.3) is 10.9 Å². The van der Waals surface area contributed by atoms with Crippen molar-refractivity contribution >= 4 is 32.5 Å². The summed E-state index contributed by atoms with van der Waals surface area (Å²) >= 11 is 3.66. The first-order chi connectivity index (χ1) is 9.22. The predicted octanol–water partition coefficient (Wildman–Crippen LogP) is 3.81. The summed E-state index contributed by atoms with van der Waals surface area (Å²) in [6.07, 6.45) is 0.898. The number of hydrogen-bond donors (Lipinski definition) is 1. The number of nitrogens with one attached hydrogen (secondary N) is 1. The molecule has 0 atom stereocenters. The molecule has 19 heavy (non-hydrogen) atoms. The van der Waals surface area contributed by atoms with E-state index in [0.29, 0.717) is 6.61 Å². The molecule has 0 amide bonds. The number of fused-ring (bicyclic) bond motifs is 2. The van der Waals surface area contributed by atoms with Gasteiger partial charge in [-0.3, -0.25) is 4.98 Å². The van der Waals surface area contributed by atoms with Crippen molar-refractivity contribution in [1.82, 2.24) is 4.98 Å². The SMILES string of the molecule is CCNc1c2c(nc3c(C)ccc(Br)c13)CCOC2. The van der Waals surface area contributed by atoms with E-state index < -0.39 is 0 Å². The zero-order chi connectivity index (χ0) is 13.4. The lowest BCUT2D eigenvalue weighted by Crippen LogP contribution is -2.15. The second-order valence-electron chi connectivity index (χ2n) is 4.83. The highest BCUT2D eigenvalue weighted by molar-refractivity contribution is 9.10. The number of anilines is 1. The van der Waals surface area contributed by atoms with Crippen molar-refractivity contribution < 1.29 is 4.74 Å². The molecule has 0 bridgehead atoms. The molecule has 0 saturated heterocycles. The Labute approximate surface area is 121 Å². The largest absolute Gasteiger partial charge is 0.384 e. The minimum Gasteiger partial charge on any atom is -0.384 e. The summed E-state index contributed by atoms with van der Waals surface area (Å²) < 4.78 is 6.69. The summed E-state index contributed by atoms with van der Waals surface area (Å²) in [6.45, 7) is 6.55. The van der Waals surface area contributed by atoms with Crippen LogP contribution in [0.5, 0.6) is 0 Å². The maximum absolute atomic E-state index is 5.61. The van der Waals surface area contributed by atoms with Crippen LogP contribution in [-0.4, -0.2) is 18.1 Å². The van der Waals surface area contributed by atoms with Crippen molar-refractivity contribution in [1.29, 1.82) is 0 Å². The quantitative estimate of drug-likeness (QED) is 0.913. The fraction of sp³-hybridized carbons (Fsp3) is 0.400. The van der Waals surface area contributed by atoms with E-state index in [9.17, 15) is 0 Å². The van der Waals surface area contributed by atoms with Crippen LogP contribution < -0.4 is 5.32 Å². The van der Waals surface area contributed by atoms with Gasteiger partial charge in [0.05, 0.1) is 30.1 Å². The molecule has 1 aliphatic rings. The second-order valence-corrected chi connectivity index (χ2v) is 5.69. The smallest absolute Gasteiger partial charge is 0.0766 e. The highest BCUT2D eigenvalue weighted by Crippen LogP contribution is 2.37. The molecule has 3 nitrogen and oxygen atoms in total. The van der Waals surface area contributed by atoms with Gasteiger partial charge in [-0.15, -0.1) is 0 Å². The van der Waals surface area contributed by atoms with Gasteiger partial charge in [0, 0.05) is 28.4 Å². The molecule has 0 spiro atoms. The number of rotatable bonds is 2. The molecule has 1 aromatic carbocycles. The number of halogens is 1. The van der Waals surface area contributed by atoms with E-state index in [-0.39, 0.29) is 0 Å². The Balaban J connectivity index is 2.39. The number of pyridine rings is 1. The fourth-order valence-electron chi connectivity index (χ4n) is 2.63. The topological polar surface area (TPSA) is 34.2 Å². The lowest BCUT2D eigenvalue weighted by molar-refractivity contribution is 0.110. The number of ether oxygens (including phenoxy) is 1. The first-order valence-corrected chi connectivity index (χ1v) is 7.43. The third-order valence-electron chi connectivity index (χ3n) is 3.56. The van der Waals surface area contributed by atoms with Crippen molar-refractivity contribution in [3.63, 3.8) is 0 Å². The maximum Gasteiger partial charge on any atom is 0.0766 e. The summed E-state index contributed by atoms with van der Waals surface area (Å²) in [5, 5.41) is 4.67. The molecule has 100 valence electrons. The summed E-state index contributed by atoms with van der Waals surface area (Å²) in [4.78, 5) is 4.87. The van der Waals surface area contributed by atoms with E-state index in [1.807, 2.05) is 0 Å². The highest BCUT2D eigenvalue weighted by Gasteiger charge is 2.20. The highest BCUT2D eigenvalue weighted by atomic mass is 79.9. The van der Waals surface area contributed by atoms with Crippen LogP contribution in [0.1, 0.15) is 23.7 Å². The number of nitrogens with zero attached hydrogens (tertiary/aromatic N) is 1. The van der Waals surface area contributed by atoms with Crippen molar-refractivity contribution in [2.75, 3.05) is 18.5 Å². The molecule has 1 aromatic heterocycles. The van der Waals surface area contributed by atoms with E-state index in [1.54, 1.807) is 0 Å². The Bertz CT molecular complexity index is 640. The monoisotopic (exact) mass is 320 g/mol. The van der Waals surface area contributed by atoms with E-state index in [4.69, 9.17) is 9.72 Å². The molecule has 1 N–H and O–H groups in total. The first kappa shape index (κ1) is 12.9. The maximum atomic E-state index is 5.61. The van der Waals surface area contributed by atoms with Crippen molar-refractivity contribution in [2.24, 2.45) is 0 Å². The Morgan fingerprint density at radius 3 is 3.05 bits per heavy atom. The minimum absolute atomic E-state index is 0.654. The number of aryl methyl sites for hydroxylation is 1. The van der Waals surface area contributed by atoms with Crippen LogP contribution in [0.2, 0.25) is 0 Å². The Hall–Kier alpha value is -1.13. The summed E-state index contributed by atoms with van der Waals surface area (Å²) in [6, 6.07) is 4.21. The number of benzene rings is 1. The molecular formula is C15H17BrN2O. The predicted molar refractivity (Wildman–Crippen MR) is 81.7 cm³/mol. The minimum atomic E-state index is 0.654. The molecule has 2 aromatic rings. The second kappa shape index (κ2) is 5.10. The Kier molecular flexibility index (Phi) is 3.46. The fourth-order valence-corrected chi connectivity index (χ4v) is 3.15. The third kappa shape index (κ3) is 2.13. The van der Waals surface area contributed by atoms with Crippen LogP contribution in [0.15, 0.2) is 16.6 Å². The van der Waals surface area contributed by atoms with Crippen molar-refractivity contribution in [3.05, 3.63) is 33.4 Å². The van der Waals surface area contributed by atoms with E-state index in [2.05, 4.69) is 47.2 Å². The van der Waals surface area contributed by atoms with Gasteiger partial charge in [0.1, 0.15) is 0 Å². The zero-order valence-electron chi connectivity index (χ0n) is 11.2. The van der Waals surface area contributed by atoms with Crippen LogP contribution in [0.3, 0.4) is 0 Å². The summed E-state index contributed by atoms with van der Waals surface area (Å²) in [7, 11) is 0. The summed E-state index contributed by atoms with van der Waals surface area (Å²) in [5.74, 6) is 0. The molecule has 0 radical (unpaired) electrons. The van der Waals surface area contributed by atoms with Gasteiger partial charge in [0.25, 0.3) is 0 Å². The van der Waals surface area contributed by atoms with Crippen molar-refractivity contribution in [2.45, 2.75) is 26.9 Å². The third-order valence-corrected chi connectivity index (χ3v) is 4.22. The lowest BCUT2D eigenvalue weighted by atomic mass is 10.0. The zero-order valence-corrected chi connectivity index (χ0v) is 12.8. The molecular weight excluding hydrogens is 304 g/mol. The molecule has 4 heteroatoms. The lowest BCUT2D eigenvalue weighted by Gasteiger charge is -2.22. The van der Waals surface area contributed by atoms with Crippen molar-refractivity contribution in [3.8, 4) is 0 Å². The van der Waals surface area contributed by atoms with Crippen LogP contribution >= 0.6 is 15.9 Å². The van der Waals surface area contributed by atoms with Gasteiger partial charge >= 0.3 is 0 Å². The Morgan fingerprint density at radius 2 is 2.26 bits per heavy atom. The molecule has 2 heterocycles. The van der Waals surface area contributed by atoms with Gasteiger partial charge in [0.2, 0.25) is 0 Å². The molecule has 1 aliphatic heterocycles. The molecule has 0 unspecified atom stereocenters. The first-order valence-electron chi connectivity index (χ1n) is 6.64. The van der Waals surface area contributed by atoms with Gasteiger partial charge in [-0.25, -0.2) is 0 Å². The normalized spacial score (nSPS) is 14.5. The van der Waals surface area contributed by atoms with Gasteiger partial charge < -0.3 is 10.1 Å². The van der Waals surface area contributed by atoms with E-state index >= 15 is 0 Å². The van der Waals surface area contributed by atoms with Gasteiger partial charge in [0.15, 0.2) is 0 Å². The Morgan fingerprint density at radius 1 is 1.42 bits per heavy atom. The van der Waals surface area contributed by atoms with Crippen LogP contribution in [0, 0.1) is 6.92 Å². The molecule has 0 saturated carbocycles. The van der Waals surface area contributed by atoms with E-state index in [0.717, 1.165) is 29.6 Å². The molecule has 0 fully saturated rings. The number of hydrogen-bond acceptors (Lipinski definition) is 3. The van der Waals surface area contributed by atoms with Crippen LogP contribution in [0.4, 0.5) is 5.69 Å².